The molecule has 0 saturated heterocycles. The van der Waals surface area contributed by atoms with Gasteiger partial charge in [0.15, 0.2) is 0 Å². The van der Waals surface area contributed by atoms with Gasteiger partial charge in [0.1, 0.15) is 0 Å². The smallest absolute Gasteiger partial charge is 0.0454 e. The van der Waals surface area contributed by atoms with E-state index in [1.54, 1.807) is 0 Å². The average molecular weight is 202 g/mol. The monoisotopic (exact) mass is 201 g/mol. The zero-order chi connectivity index (χ0) is 8.55. The van der Waals surface area contributed by atoms with Crippen LogP contribution in [0.5, 0.6) is 0 Å². The lowest BCUT2D eigenvalue weighted by molar-refractivity contribution is 0.644. The van der Waals surface area contributed by atoms with E-state index >= 15 is 0 Å². The Morgan fingerprint density at radius 2 is 1.75 bits per heavy atom. The van der Waals surface area contributed by atoms with Crippen molar-refractivity contribution < 1.29 is 0 Å². The summed E-state index contributed by atoms with van der Waals surface area (Å²) in [6, 6.07) is 3.73. The van der Waals surface area contributed by atoms with Crippen LogP contribution in [0, 0.1) is 0 Å². The molecule has 0 aromatic heterocycles. The molecule has 1 aliphatic rings. The molecular weight excluding hydrogens is 193 g/mol. The maximum atomic E-state index is 6.03. The standard InChI is InChI=1S/C9H9Cl2N/c10-8-1-2-9(11)7-5-12-4-3-6(7)8/h1-2,12H,3-5H2. The van der Waals surface area contributed by atoms with Crippen LogP contribution in [0.25, 0.3) is 0 Å². The average Bonchev–Trinajstić information content (AvgIpc) is 2.12. The molecule has 1 heterocycles. The minimum absolute atomic E-state index is 0.821. The molecule has 1 nitrogen and oxygen atoms in total. The van der Waals surface area contributed by atoms with Gasteiger partial charge in [0, 0.05) is 16.6 Å². The van der Waals surface area contributed by atoms with E-state index < -0.39 is 0 Å². The highest BCUT2D eigenvalue weighted by Crippen LogP contribution is 2.28. The largest absolute Gasteiger partial charge is 0.312 e. The van der Waals surface area contributed by atoms with Crippen LogP contribution in [0.15, 0.2) is 12.1 Å². The van der Waals surface area contributed by atoms with Gasteiger partial charge in [-0.3, -0.25) is 0 Å². The molecule has 0 atom stereocenters. The number of nitrogens with one attached hydrogen (secondary N) is 1. The van der Waals surface area contributed by atoms with E-state index in [4.69, 9.17) is 23.2 Å². The van der Waals surface area contributed by atoms with Crippen LogP contribution in [0.4, 0.5) is 0 Å². The van der Waals surface area contributed by atoms with Crippen molar-refractivity contribution in [3.05, 3.63) is 33.3 Å². The zero-order valence-corrected chi connectivity index (χ0v) is 8.04. The van der Waals surface area contributed by atoms with Crippen LogP contribution in [-0.2, 0) is 13.0 Å². The molecule has 1 aliphatic heterocycles. The Morgan fingerprint density at radius 3 is 2.42 bits per heavy atom. The number of hydrogen-bond donors (Lipinski definition) is 1. The van der Waals surface area contributed by atoms with Crippen LogP contribution in [-0.4, -0.2) is 6.54 Å². The molecule has 1 N–H and O–H groups in total. The predicted molar refractivity (Wildman–Crippen MR) is 51.9 cm³/mol. The van der Waals surface area contributed by atoms with Crippen LogP contribution < -0.4 is 5.32 Å². The molecule has 1 aromatic rings. The summed E-state index contributed by atoms with van der Waals surface area (Å²) in [6.45, 7) is 1.84. The van der Waals surface area contributed by atoms with Crippen LogP contribution in [0.3, 0.4) is 0 Å². The van der Waals surface area contributed by atoms with Crippen molar-refractivity contribution in [1.29, 1.82) is 0 Å². The van der Waals surface area contributed by atoms with Gasteiger partial charge in [-0.15, -0.1) is 0 Å². The minimum Gasteiger partial charge on any atom is -0.312 e. The van der Waals surface area contributed by atoms with E-state index in [1.807, 2.05) is 12.1 Å². The summed E-state index contributed by atoms with van der Waals surface area (Å²) in [7, 11) is 0. The fraction of sp³-hybridized carbons (Fsp3) is 0.333. The molecule has 0 bridgehead atoms. The molecule has 64 valence electrons. The summed E-state index contributed by atoms with van der Waals surface area (Å²) in [5.74, 6) is 0. The highest BCUT2D eigenvalue weighted by Gasteiger charge is 2.14. The van der Waals surface area contributed by atoms with Gasteiger partial charge in [0.05, 0.1) is 0 Å². The maximum absolute atomic E-state index is 6.03. The third kappa shape index (κ3) is 1.33. The van der Waals surface area contributed by atoms with E-state index in [0.717, 1.165) is 35.1 Å². The van der Waals surface area contributed by atoms with E-state index in [-0.39, 0.29) is 0 Å². The van der Waals surface area contributed by atoms with Crippen molar-refractivity contribution in [3.63, 3.8) is 0 Å². The van der Waals surface area contributed by atoms with Gasteiger partial charge in [0.2, 0.25) is 0 Å². The number of benzene rings is 1. The van der Waals surface area contributed by atoms with Gasteiger partial charge < -0.3 is 5.32 Å². The summed E-state index contributed by atoms with van der Waals surface area (Å²) < 4.78 is 0. The molecule has 3 heteroatoms. The van der Waals surface area contributed by atoms with Crippen LogP contribution in [0.1, 0.15) is 11.1 Å². The molecule has 0 unspecified atom stereocenters. The van der Waals surface area contributed by atoms with E-state index in [2.05, 4.69) is 5.32 Å². The number of rotatable bonds is 0. The maximum Gasteiger partial charge on any atom is 0.0454 e. The first kappa shape index (κ1) is 8.36. The fourth-order valence-electron chi connectivity index (χ4n) is 1.52. The first-order chi connectivity index (χ1) is 5.79. The molecule has 12 heavy (non-hydrogen) atoms. The molecule has 0 radical (unpaired) electrons. The lowest BCUT2D eigenvalue weighted by Gasteiger charge is -2.19. The third-order valence-electron chi connectivity index (χ3n) is 2.17. The first-order valence-electron chi connectivity index (χ1n) is 3.95. The molecule has 2 rings (SSSR count). The molecule has 0 aliphatic carbocycles. The van der Waals surface area contributed by atoms with Crippen LogP contribution >= 0.6 is 23.2 Å². The normalized spacial score (nSPS) is 15.8. The highest BCUT2D eigenvalue weighted by molar-refractivity contribution is 6.34. The van der Waals surface area contributed by atoms with Gasteiger partial charge in [-0.05, 0) is 36.2 Å². The SMILES string of the molecule is Clc1ccc(Cl)c2c1CCNC2. The second kappa shape index (κ2) is 3.25. The van der Waals surface area contributed by atoms with Crippen molar-refractivity contribution in [2.24, 2.45) is 0 Å². The Kier molecular flexibility index (Phi) is 2.26. The number of hydrogen-bond acceptors (Lipinski definition) is 1. The van der Waals surface area contributed by atoms with Crippen molar-refractivity contribution in [2.75, 3.05) is 6.54 Å². The van der Waals surface area contributed by atoms with Crippen molar-refractivity contribution in [1.82, 2.24) is 5.32 Å². The van der Waals surface area contributed by atoms with Crippen molar-refractivity contribution >= 4 is 23.2 Å². The highest BCUT2D eigenvalue weighted by atomic mass is 35.5. The molecular formula is C9H9Cl2N. The summed E-state index contributed by atoms with van der Waals surface area (Å²) in [5.41, 5.74) is 2.37. The Balaban J connectivity index is 2.57. The van der Waals surface area contributed by atoms with Gasteiger partial charge in [-0.1, -0.05) is 23.2 Å². The van der Waals surface area contributed by atoms with Crippen LogP contribution in [0.2, 0.25) is 10.0 Å². The Labute approximate surface area is 81.7 Å². The van der Waals surface area contributed by atoms with E-state index in [1.165, 1.54) is 5.56 Å². The second-order valence-corrected chi connectivity index (χ2v) is 3.73. The fourth-order valence-corrected chi connectivity index (χ4v) is 2.04. The Morgan fingerprint density at radius 1 is 1.08 bits per heavy atom. The van der Waals surface area contributed by atoms with Gasteiger partial charge in [-0.2, -0.15) is 0 Å². The van der Waals surface area contributed by atoms with E-state index in [0.29, 0.717) is 0 Å². The number of halogens is 2. The molecule has 0 saturated carbocycles. The minimum atomic E-state index is 0.821. The molecule has 0 spiro atoms. The first-order valence-corrected chi connectivity index (χ1v) is 4.71. The Hall–Kier alpha value is -0.240. The summed E-state index contributed by atoms with van der Waals surface area (Å²) in [4.78, 5) is 0. The van der Waals surface area contributed by atoms with Crippen molar-refractivity contribution in [2.45, 2.75) is 13.0 Å². The third-order valence-corrected chi connectivity index (χ3v) is 2.88. The second-order valence-electron chi connectivity index (χ2n) is 2.91. The zero-order valence-electron chi connectivity index (χ0n) is 6.53. The van der Waals surface area contributed by atoms with Gasteiger partial charge in [-0.25, -0.2) is 0 Å². The lowest BCUT2D eigenvalue weighted by atomic mass is 10.0. The Bertz CT molecular complexity index is 279. The van der Waals surface area contributed by atoms with Gasteiger partial charge in [0.25, 0.3) is 0 Å². The van der Waals surface area contributed by atoms with E-state index in [9.17, 15) is 0 Å². The molecule has 1 aromatic carbocycles. The number of fused-ring (bicyclic) bond motifs is 1. The topological polar surface area (TPSA) is 12.0 Å². The summed E-state index contributed by atoms with van der Waals surface area (Å²) in [5, 5.41) is 4.93. The quantitative estimate of drug-likeness (QED) is 0.681. The van der Waals surface area contributed by atoms with Crippen molar-refractivity contribution in [3.8, 4) is 0 Å². The lowest BCUT2D eigenvalue weighted by Crippen LogP contribution is -2.24. The summed E-state index contributed by atoms with van der Waals surface area (Å²) in [6.07, 6.45) is 0.981. The molecule has 0 fully saturated rings. The summed E-state index contributed by atoms with van der Waals surface area (Å²) >= 11 is 12.0. The predicted octanol–water partition coefficient (Wildman–Crippen LogP) is 2.64. The molecule has 0 amide bonds. The van der Waals surface area contributed by atoms with Gasteiger partial charge >= 0.3 is 0 Å².